The van der Waals surface area contributed by atoms with E-state index in [0.29, 0.717) is 6.07 Å². The lowest BCUT2D eigenvalue weighted by Crippen LogP contribution is -2.48. The van der Waals surface area contributed by atoms with Gasteiger partial charge in [0.2, 0.25) is 0 Å². The second-order valence-corrected chi connectivity index (χ2v) is 7.31. The summed E-state index contributed by atoms with van der Waals surface area (Å²) in [5.74, 6) is -5.25. The maximum Gasteiger partial charge on any atom is 0.325 e. The third-order valence-corrected chi connectivity index (χ3v) is 5.04. The van der Waals surface area contributed by atoms with Crippen LogP contribution in [0.1, 0.15) is 15.9 Å². The summed E-state index contributed by atoms with van der Waals surface area (Å²) in [4.78, 5) is 38.4. The van der Waals surface area contributed by atoms with Gasteiger partial charge in [-0.2, -0.15) is 8.78 Å². The number of benzene rings is 2. The zero-order valence-electron chi connectivity index (χ0n) is 17.7. The first-order valence-corrected chi connectivity index (χ1v) is 10.1. The molecular weight excluding hydrogens is 465 g/mol. The van der Waals surface area contributed by atoms with Gasteiger partial charge in [0.1, 0.15) is 17.5 Å². The van der Waals surface area contributed by atoms with Crippen LogP contribution in [0.5, 0.6) is 0 Å². The van der Waals surface area contributed by atoms with Crippen molar-refractivity contribution in [2.24, 2.45) is 0 Å². The van der Waals surface area contributed by atoms with Gasteiger partial charge >= 0.3 is 12.5 Å². The minimum Gasteiger partial charge on any atom is -0.378 e. The minimum atomic E-state index is -3.30. The average molecular weight is 485 g/mol. The fraction of sp³-hybridized carbons (Fsp3) is 0.318. The maximum atomic E-state index is 14.8. The molecule has 1 saturated heterocycles. The van der Waals surface area contributed by atoms with Gasteiger partial charge in [0.05, 0.1) is 32.0 Å². The Labute approximate surface area is 191 Å². The van der Waals surface area contributed by atoms with Gasteiger partial charge in [-0.3, -0.25) is 14.5 Å². The molecule has 2 aromatic carbocycles. The summed E-state index contributed by atoms with van der Waals surface area (Å²) in [6.07, 6.45) is -3.30. The highest BCUT2D eigenvalue weighted by Crippen LogP contribution is 2.25. The minimum absolute atomic E-state index is 0.0847. The molecule has 1 heterocycles. The van der Waals surface area contributed by atoms with Crippen LogP contribution >= 0.6 is 0 Å². The van der Waals surface area contributed by atoms with Crippen molar-refractivity contribution in [3.05, 3.63) is 65.0 Å². The summed E-state index contributed by atoms with van der Waals surface area (Å²) in [6, 6.07) is 5.16. The van der Waals surface area contributed by atoms with Crippen molar-refractivity contribution in [1.82, 2.24) is 10.2 Å². The Morgan fingerprint density at radius 1 is 1.00 bits per heavy atom. The monoisotopic (exact) mass is 485 g/mol. The van der Waals surface area contributed by atoms with E-state index in [9.17, 15) is 36.3 Å². The van der Waals surface area contributed by atoms with E-state index < -0.39 is 54.7 Å². The molecule has 0 aliphatic carbocycles. The topological polar surface area (TPSA) is 79.0 Å². The summed E-state index contributed by atoms with van der Waals surface area (Å²) in [7, 11) is 0. The molecule has 3 amide bonds. The van der Waals surface area contributed by atoms with Crippen LogP contribution in [0.3, 0.4) is 0 Å². The Hall–Kier alpha value is -3.54. The highest BCUT2D eigenvalue weighted by atomic mass is 19.3. The first kappa shape index (κ1) is 25.1. The molecule has 0 aromatic heterocycles. The van der Waals surface area contributed by atoms with Crippen molar-refractivity contribution in [2.45, 2.75) is 13.0 Å². The third-order valence-electron chi connectivity index (χ3n) is 5.04. The number of amides is 3. The van der Waals surface area contributed by atoms with E-state index in [1.165, 1.54) is 17.0 Å². The highest BCUT2D eigenvalue weighted by Gasteiger charge is 2.27. The van der Waals surface area contributed by atoms with Gasteiger partial charge in [0.25, 0.3) is 5.91 Å². The van der Waals surface area contributed by atoms with Crippen LogP contribution in [0.15, 0.2) is 36.4 Å². The SMILES string of the molecule is O=C(CNC(=O)C(F)F)c1ccc(CN(C(=O)N2CCOCC2)c2ccc(F)cc2F)c(F)c1. The summed E-state index contributed by atoms with van der Waals surface area (Å²) in [5.41, 5.74) is -0.555. The Kier molecular flexibility index (Phi) is 8.16. The molecule has 1 fully saturated rings. The van der Waals surface area contributed by atoms with Crippen LogP contribution in [0.4, 0.5) is 32.4 Å². The van der Waals surface area contributed by atoms with E-state index in [-0.39, 0.29) is 43.1 Å². The number of ether oxygens (including phenoxy) is 1. The van der Waals surface area contributed by atoms with Gasteiger partial charge in [0.15, 0.2) is 5.78 Å². The van der Waals surface area contributed by atoms with Crippen LogP contribution < -0.4 is 10.2 Å². The van der Waals surface area contributed by atoms with Crippen molar-refractivity contribution in [2.75, 3.05) is 37.7 Å². The smallest absolute Gasteiger partial charge is 0.325 e. The van der Waals surface area contributed by atoms with Crippen LogP contribution in [-0.2, 0) is 16.1 Å². The van der Waals surface area contributed by atoms with Crippen LogP contribution in [0.25, 0.3) is 0 Å². The molecule has 0 radical (unpaired) electrons. The largest absolute Gasteiger partial charge is 0.378 e. The van der Waals surface area contributed by atoms with E-state index in [1.807, 2.05) is 0 Å². The van der Waals surface area contributed by atoms with E-state index in [1.54, 1.807) is 5.32 Å². The first-order valence-electron chi connectivity index (χ1n) is 10.1. The van der Waals surface area contributed by atoms with E-state index >= 15 is 0 Å². The van der Waals surface area contributed by atoms with Crippen molar-refractivity contribution < 1.29 is 41.1 Å². The Morgan fingerprint density at radius 2 is 1.71 bits per heavy atom. The van der Waals surface area contributed by atoms with Crippen molar-refractivity contribution in [3.63, 3.8) is 0 Å². The molecule has 1 N–H and O–H groups in total. The number of urea groups is 1. The number of nitrogens with zero attached hydrogens (tertiary/aromatic N) is 2. The lowest BCUT2D eigenvalue weighted by molar-refractivity contribution is -0.131. The van der Waals surface area contributed by atoms with E-state index in [2.05, 4.69) is 0 Å². The van der Waals surface area contributed by atoms with Crippen LogP contribution in [-0.4, -0.2) is 61.9 Å². The van der Waals surface area contributed by atoms with Gasteiger partial charge in [-0.1, -0.05) is 12.1 Å². The lowest BCUT2D eigenvalue weighted by atomic mass is 10.1. The number of hydrogen-bond donors (Lipinski definition) is 1. The van der Waals surface area contributed by atoms with Crippen molar-refractivity contribution in [3.8, 4) is 0 Å². The maximum absolute atomic E-state index is 14.8. The quantitative estimate of drug-likeness (QED) is 0.483. The molecule has 1 aliphatic heterocycles. The Morgan fingerprint density at radius 3 is 2.32 bits per heavy atom. The lowest BCUT2D eigenvalue weighted by Gasteiger charge is -2.33. The summed E-state index contributed by atoms with van der Waals surface area (Å²) < 4.78 is 72.4. The zero-order valence-corrected chi connectivity index (χ0v) is 17.7. The van der Waals surface area contributed by atoms with Gasteiger partial charge in [-0.05, 0) is 18.2 Å². The molecular formula is C22H20F5N3O4. The molecule has 0 unspecified atom stereocenters. The van der Waals surface area contributed by atoms with Gasteiger partial charge < -0.3 is 15.0 Å². The number of anilines is 1. The van der Waals surface area contributed by atoms with E-state index in [4.69, 9.17) is 4.74 Å². The number of rotatable bonds is 7. The second kappa shape index (κ2) is 11.1. The molecule has 0 atom stereocenters. The van der Waals surface area contributed by atoms with Crippen molar-refractivity contribution >= 4 is 23.4 Å². The Bertz CT molecular complexity index is 1080. The highest BCUT2D eigenvalue weighted by molar-refractivity contribution is 5.99. The van der Waals surface area contributed by atoms with Gasteiger partial charge in [0, 0.05) is 30.3 Å². The molecule has 1 aliphatic rings. The van der Waals surface area contributed by atoms with E-state index in [0.717, 1.165) is 23.1 Å². The van der Waals surface area contributed by atoms with Crippen LogP contribution in [0.2, 0.25) is 0 Å². The molecule has 182 valence electrons. The number of morpholine rings is 1. The third kappa shape index (κ3) is 6.07. The molecule has 0 saturated carbocycles. The molecule has 0 spiro atoms. The number of halogens is 5. The molecule has 12 heteroatoms. The number of nitrogens with one attached hydrogen (secondary N) is 1. The normalized spacial score (nSPS) is 13.6. The second-order valence-electron chi connectivity index (χ2n) is 7.31. The number of Topliss-reactive ketones (excluding diaryl/α,β-unsaturated/α-hetero) is 1. The number of carbonyl (C=O) groups is 3. The van der Waals surface area contributed by atoms with Crippen LogP contribution in [0, 0.1) is 17.5 Å². The van der Waals surface area contributed by atoms with Crippen molar-refractivity contribution in [1.29, 1.82) is 0 Å². The Balaban J connectivity index is 1.83. The number of alkyl halides is 2. The zero-order chi connectivity index (χ0) is 24.8. The summed E-state index contributed by atoms with van der Waals surface area (Å²) in [6.45, 7) is -0.236. The molecule has 2 aromatic rings. The van der Waals surface area contributed by atoms with Gasteiger partial charge in [-0.25, -0.2) is 18.0 Å². The summed E-state index contributed by atoms with van der Waals surface area (Å²) >= 11 is 0. The predicted octanol–water partition coefficient (Wildman–Crippen LogP) is 3.13. The standard InChI is InChI=1S/C22H20F5N3O4/c23-15-3-4-18(17(25)10-15)30(22(33)29-5-7-34-8-6-29)12-14-2-1-13(9-16(14)24)19(31)11-28-21(32)20(26)27/h1-4,9-10,20H,5-8,11-12H2,(H,28,32). The molecule has 0 bridgehead atoms. The first-order chi connectivity index (χ1) is 16.2. The fourth-order valence-corrected chi connectivity index (χ4v) is 3.25. The molecule has 7 nitrogen and oxygen atoms in total. The molecule has 34 heavy (non-hydrogen) atoms. The fourth-order valence-electron chi connectivity index (χ4n) is 3.25. The molecule has 3 rings (SSSR count). The number of carbonyl (C=O) groups excluding carboxylic acids is 3. The predicted molar refractivity (Wildman–Crippen MR) is 110 cm³/mol. The summed E-state index contributed by atoms with van der Waals surface area (Å²) in [5, 5.41) is 1.73. The van der Waals surface area contributed by atoms with Gasteiger partial charge in [-0.15, -0.1) is 0 Å². The number of ketones is 1. The average Bonchev–Trinajstić information content (AvgIpc) is 2.82. The number of hydrogen-bond acceptors (Lipinski definition) is 4.